The molecule has 1 atom stereocenters. The van der Waals surface area contributed by atoms with Gasteiger partial charge in [-0.2, -0.15) is 0 Å². The Hall–Kier alpha value is -0.0400. The van der Waals surface area contributed by atoms with Crippen molar-refractivity contribution < 1.29 is 2.78 Å². The molecule has 0 aromatic heterocycles. The Bertz CT molecular complexity index is 125. The van der Waals surface area contributed by atoms with Crippen LogP contribution in [0.1, 0.15) is 28.5 Å². The van der Waals surface area contributed by atoms with Crippen molar-refractivity contribution in [3.63, 3.8) is 0 Å². The fourth-order valence-corrected chi connectivity index (χ4v) is 1.14. The lowest BCUT2D eigenvalue weighted by molar-refractivity contribution is 0.405. The van der Waals surface area contributed by atoms with Gasteiger partial charge in [-0.25, -0.2) is 0 Å². The molecule has 0 aromatic rings. The van der Waals surface area contributed by atoms with Gasteiger partial charge in [0.25, 0.3) is 0 Å². The van der Waals surface area contributed by atoms with Crippen molar-refractivity contribution in [3.8, 4) is 0 Å². The molecule has 1 heteroatoms. The van der Waals surface area contributed by atoms with Crippen LogP contribution in [0, 0.1) is 5.41 Å². The minimum absolute atomic E-state index is 0.176. The predicted molar refractivity (Wildman–Crippen MR) is 35.9 cm³/mol. The summed E-state index contributed by atoms with van der Waals surface area (Å²) < 4.78 is 14.6. The van der Waals surface area contributed by atoms with Crippen LogP contribution in [0.5, 0.6) is 0 Å². The van der Waals surface area contributed by atoms with Crippen LogP contribution in [0.2, 0.25) is 1.41 Å². The van der Waals surface area contributed by atoms with Gasteiger partial charge in [-0.15, -0.1) is 0 Å². The molecule has 0 aliphatic carbocycles. The third-order valence-electron chi connectivity index (χ3n) is 1.57. The molecule has 1 saturated heterocycles. The van der Waals surface area contributed by atoms with Crippen molar-refractivity contribution in [2.45, 2.75) is 33.2 Å². The SMILES string of the molecule is [2H]CC1CC(C)(C)CN1[2H]. The molecule has 48 valence electrons. The van der Waals surface area contributed by atoms with Crippen LogP contribution in [-0.2, 0) is 0 Å². The molecule has 0 aromatic carbocycles. The maximum absolute atomic E-state index is 7.46. The Morgan fingerprint density at radius 1 is 1.88 bits per heavy atom. The number of hydrogen-bond acceptors (Lipinski definition) is 1. The van der Waals surface area contributed by atoms with Crippen LogP contribution in [0.3, 0.4) is 0 Å². The molecular weight excluding hydrogens is 98.1 g/mol. The molecule has 0 radical (unpaired) electrons. The van der Waals surface area contributed by atoms with Crippen molar-refractivity contribution in [3.05, 3.63) is 0 Å². The standard InChI is InChI=1S/C7H15N/c1-6-4-7(2,3)5-8-6/h6,8H,4-5H2,1-3H3/i1D/hD. The summed E-state index contributed by atoms with van der Waals surface area (Å²) in [6, 6.07) is 0.176. The van der Waals surface area contributed by atoms with E-state index in [1.165, 1.54) is 0 Å². The van der Waals surface area contributed by atoms with Gasteiger partial charge in [0.1, 0.15) is 1.41 Å². The molecule has 0 saturated carbocycles. The molecule has 1 aliphatic heterocycles. The first-order chi connectivity index (χ1) is 4.55. The zero-order chi connectivity index (χ0) is 7.78. The zero-order valence-corrected chi connectivity index (χ0v) is 5.65. The van der Waals surface area contributed by atoms with E-state index in [1.54, 1.807) is 5.31 Å². The minimum atomic E-state index is 0.176. The first-order valence-corrected chi connectivity index (χ1v) is 3.10. The molecule has 0 spiro atoms. The van der Waals surface area contributed by atoms with Crippen LogP contribution in [0.15, 0.2) is 0 Å². The summed E-state index contributed by atoms with van der Waals surface area (Å²) in [5.74, 6) is 0. The lowest BCUT2D eigenvalue weighted by atomic mass is 9.91. The quantitative estimate of drug-likeness (QED) is 0.503. The summed E-state index contributed by atoms with van der Waals surface area (Å²) >= 11 is 0. The van der Waals surface area contributed by atoms with E-state index in [-0.39, 0.29) is 11.5 Å². The van der Waals surface area contributed by atoms with Crippen LogP contribution in [0.4, 0.5) is 0 Å². The fourth-order valence-electron chi connectivity index (χ4n) is 1.14. The molecule has 0 bridgehead atoms. The summed E-state index contributed by atoms with van der Waals surface area (Å²) in [5.41, 5.74) is 0.257. The largest absolute Gasteiger partial charge is 0.314 e. The highest BCUT2D eigenvalue weighted by Crippen LogP contribution is 2.26. The number of rotatable bonds is 0. The molecule has 1 fully saturated rings. The van der Waals surface area contributed by atoms with E-state index < -0.39 is 0 Å². The predicted octanol–water partition coefficient (Wildman–Crippen LogP) is 1.39. The van der Waals surface area contributed by atoms with E-state index in [2.05, 4.69) is 13.8 Å². The second-order valence-electron chi connectivity index (χ2n) is 3.36. The number of hydrogen-bond donors (Lipinski definition) is 1. The normalized spacial score (nSPS) is 41.5. The summed E-state index contributed by atoms with van der Waals surface area (Å²) in [6.07, 6.45) is 1.00. The highest BCUT2D eigenvalue weighted by Gasteiger charge is 2.27. The van der Waals surface area contributed by atoms with Crippen LogP contribution >= 0.6 is 0 Å². The van der Waals surface area contributed by atoms with Gasteiger partial charge >= 0.3 is 0 Å². The Morgan fingerprint density at radius 3 is 2.88 bits per heavy atom. The van der Waals surface area contributed by atoms with Gasteiger partial charge in [0, 0.05) is 14.0 Å². The van der Waals surface area contributed by atoms with Crippen LogP contribution in [-0.4, -0.2) is 12.6 Å². The van der Waals surface area contributed by atoms with E-state index in [9.17, 15) is 0 Å². The fraction of sp³-hybridized carbons (Fsp3) is 1.00. The summed E-state index contributed by atoms with van der Waals surface area (Å²) in [4.78, 5) is 0. The van der Waals surface area contributed by atoms with Crippen molar-refractivity contribution in [2.75, 3.05) is 6.54 Å². The second kappa shape index (κ2) is 1.73. The summed E-state index contributed by atoms with van der Waals surface area (Å²) in [7, 11) is 0. The maximum Gasteiger partial charge on any atom is 0.122 e. The first-order valence-electron chi connectivity index (χ1n) is 4.25. The van der Waals surface area contributed by atoms with E-state index in [1.807, 2.05) is 0 Å². The summed E-state index contributed by atoms with van der Waals surface area (Å²) in [5, 5.41) is 1.55. The van der Waals surface area contributed by atoms with E-state index in [4.69, 9.17) is 2.78 Å². The Morgan fingerprint density at radius 2 is 2.62 bits per heavy atom. The van der Waals surface area contributed by atoms with Crippen molar-refractivity contribution in [1.29, 1.82) is 0 Å². The maximum atomic E-state index is 7.46. The van der Waals surface area contributed by atoms with Crippen molar-refractivity contribution in [1.82, 2.24) is 5.31 Å². The molecule has 0 amide bonds. The molecule has 8 heavy (non-hydrogen) atoms. The van der Waals surface area contributed by atoms with E-state index in [0.29, 0.717) is 6.90 Å². The van der Waals surface area contributed by atoms with Gasteiger partial charge in [-0.3, -0.25) is 0 Å². The average molecular weight is 115 g/mol. The average Bonchev–Trinajstić information content (AvgIpc) is 2.05. The molecular formula is C7H15N. The monoisotopic (exact) mass is 115 g/mol. The van der Waals surface area contributed by atoms with Gasteiger partial charge < -0.3 is 5.31 Å². The first kappa shape index (κ1) is 3.89. The van der Waals surface area contributed by atoms with Crippen molar-refractivity contribution >= 4 is 0 Å². The van der Waals surface area contributed by atoms with Crippen LogP contribution < -0.4 is 5.31 Å². The topological polar surface area (TPSA) is 12.0 Å². The molecule has 1 nitrogen and oxygen atoms in total. The molecule has 1 unspecified atom stereocenters. The molecule has 1 rings (SSSR count). The summed E-state index contributed by atoms with van der Waals surface area (Å²) in [6.45, 7) is 5.50. The van der Waals surface area contributed by atoms with Gasteiger partial charge in [0.05, 0.1) is 0 Å². The molecule has 1 N–H and O–H groups in total. The zero-order valence-electron chi connectivity index (χ0n) is 7.65. The molecule has 1 heterocycles. The smallest absolute Gasteiger partial charge is 0.122 e. The Kier molecular flexibility index (Phi) is 0.840. The lowest BCUT2D eigenvalue weighted by Crippen LogP contribution is -2.18. The van der Waals surface area contributed by atoms with Gasteiger partial charge in [0.2, 0.25) is 0 Å². The molecule has 1 aliphatic rings. The van der Waals surface area contributed by atoms with E-state index >= 15 is 0 Å². The third-order valence-corrected chi connectivity index (χ3v) is 1.57. The highest BCUT2D eigenvalue weighted by atomic mass is 15.0. The second-order valence-corrected chi connectivity index (χ2v) is 3.36. The van der Waals surface area contributed by atoms with E-state index in [0.717, 1.165) is 13.0 Å². The van der Waals surface area contributed by atoms with Gasteiger partial charge in [-0.05, 0) is 18.7 Å². The van der Waals surface area contributed by atoms with Crippen molar-refractivity contribution in [2.24, 2.45) is 5.41 Å². The third kappa shape index (κ3) is 1.22. The van der Waals surface area contributed by atoms with Crippen LogP contribution in [0.25, 0.3) is 0 Å². The Labute approximate surface area is 54.3 Å². The van der Waals surface area contributed by atoms with Gasteiger partial charge in [-0.1, -0.05) is 13.8 Å². The number of nitrogens with one attached hydrogen (secondary N) is 1. The lowest BCUT2D eigenvalue weighted by Gasteiger charge is -2.13. The van der Waals surface area contributed by atoms with Gasteiger partial charge in [0.15, 0.2) is 0 Å². The minimum Gasteiger partial charge on any atom is -0.314 e. The Balaban J connectivity index is 2.52. The highest BCUT2D eigenvalue weighted by molar-refractivity contribution is 4.84.